The molecule has 5 heteroatoms. The number of hydrogen-bond donors (Lipinski definition) is 2. The molecular weight excluding hydrogens is 396 g/mol. The van der Waals surface area contributed by atoms with E-state index < -0.39 is 0 Å². The molecule has 0 aliphatic heterocycles. The molecule has 0 amide bonds. The second-order valence-electron chi connectivity index (χ2n) is 4.94. The fraction of sp³-hybridized carbons (Fsp3) is 0.250. The lowest BCUT2D eigenvalue weighted by molar-refractivity contribution is 0.411. The normalized spacial score (nSPS) is 12.3. The summed E-state index contributed by atoms with van der Waals surface area (Å²) in [6, 6.07) is 10.2. The van der Waals surface area contributed by atoms with E-state index in [1.165, 1.54) is 0 Å². The van der Waals surface area contributed by atoms with Crippen LogP contribution in [0.25, 0.3) is 0 Å². The molecule has 112 valence electrons. The molecule has 0 saturated heterocycles. The smallest absolute Gasteiger partial charge is 0.122 e. The first-order valence-corrected chi connectivity index (χ1v) is 8.12. The Morgan fingerprint density at radius 3 is 2.33 bits per heavy atom. The highest BCUT2D eigenvalue weighted by atomic mass is 79.9. The van der Waals surface area contributed by atoms with Crippen LogP contribution in [0, 0.1) is 13.8 Å². The van der Waals surface area contributed by atoms with Crippen molar-refractivity contribution in [2.75, 3.05) is 7.11 Å². The summed E-state index contributed by atoms with van der Waals surface area (Å²) in [6.07, 6.45) is 0. The van der Waals surface area contributed by atoms with Gasteiger partial charge in [0.25, 0.3) is 0 Å². The van der Waals surface area contributed by atoms with Gasteiger partial charge in [-0.1, -0.05) is 44.0 Å². The van der Waals surface area contributed by atoms with E-state index in [0.29, 0.717) is 0 Å². The van der Waals surface area contributed by atoms with Gasteiger partial charge in [-0.15, -0.1) is 0 Å². The van der Waals surface area contributed by atoms with Crippen LogP contribution in [0.3, 0.4) is 0 Å². The summed E-state index contributed by atoms with van der Waals surface area (Å²) in [6.45, 7) is 4.10. The van der Waals surface area contributed by atoms with E-state index in [2.05, 4.69) is 56.3 Å². The molecular formula is C16H18Br2N2O. The number of nitrogens with one attached hydrogen (secondary N) is 1. The molecule has 3 N–H and O–H groups in total. The molecule has 21 heavy (non-hydrogen) atoms. The van der Waals surface area contributed by atoms with Gasteiger partial charge < -0.3 is 4.74 Å². The molecule has 1 atom stereocenters. The second-order valence-corrected chi connectivity index (χ2v) is 6.71. The fourth-order valence-corrected chi connectivity index (χ4v) is 3.70. The predicted octanol–water partition coefficient (Wildman–Crippen LogP) is 4.39. The Morgan fingerprint density at radius 1 is 1.05 bits per heavy atom. The molecule has 0 heterocycles. The Bertz CT molecular complexity index is 659. The zero-order valence-electron chi connectivity index (χ0n) is 12.2. The van der Waals surface area contributed by atoms with Crippen LogP contribution in [0.5, 0.6) is 5.75 Å². The van der Waals surface area contributed by atoms with Crippen LogP contribution in [0.4, 0.5) is 0 Å². The summed E-state index contributed by atoms with van der Waals surface area (Å²) in [5.74, 6) is 6.71. The van der Waals surface area contributed by atoms with Gasteiger partial charge in [0.15, 0.2) is 0 Å². The summed E-state index contributed by atoms with van der Waals surface area (Å²) in [5, 5.41) is 0. The summed E-state index contributed by atoms with van der Waals surface area (Å²) >= 11 is 7.08. The molecule has 0 aliphatic rings. The third-order valence-electron chi connectivity index (χ3n) is 3.53. The Kier molecular flexibility index (Phi) is 5.43. The third kappa shape index (κ3) is 3.48. The third-order valence-corrected chi connectivity index (χ3v) is 4.71. The molecule has 0 bridgehead atoms. The van der Waals surface area contributed by atoms with Crippen LogP contribution < -0.4 is 16.0 Å². The van der Waals surface area contributed by atoms with Crippen molar-refractivity contribution < 1.29 is 4.74 Å². The molecule has 2 aromatic carbocycles. The van der Waals surface area contributed by atoms with Gasteiger partial charge in [-0.2, -0.15) is 0 Å². The number of hydrazine groups is 1. The van der Waals surface area contributed by atoms with Crippen molar-refractivity contribution in [3.63, 3.8) is 0 Å². The monoisotopic (exact) mass is 412 g/mol. The summed E-state index contributed by atoms with van der Waals surface area (Å²) in [7, 11) is 1.69. The number of benzene rings is 2. The highest BCUT2D eigenvalue weighted by Crippen LogP contribution is 2.34. The maximum absolute atomic E-state index is 5.82. The quantitative estimate of drug-likeness (QED) is 0.577. The van der Waals surface area contributed by atoms with E-state index >= 15 is 0 Å². The molecule has 0 radical (unpaired) electrons. The fourth-order valence-electron chi connectivity index (χ4n) is 2.43. The van der Waals surface area contributed by atoms with Crippen molar-refractivity contribution in [2.45, 2.75) is 19.9 Å². The van der Waals surface area contributed by atoms with E-state index in [9.17, 15) is 0 Å². The molecule has 1 unspecified atom stereocenters. The number of ether oxygens (including phenoxy) is 1. The molecule has 0 saturated carbocycles. The Morgan fingerprint density at radius 2 is 1.76 bits per heavy atom. The number of hydrogen-bond acceptors (Lipinski definition) is 3. The number of rotatable bonds is 4. The van der Waals surface area contributed by atoms with E-state index in [4.69, 9.17) is 10.6 Å². The van der Waals surface area contributed by atoms with Crippen molar-refractivity contribution in [3.05, 3.63) is 61.5 Å². The minimum atomic E-state index is -0.0860. The van der Waals surface area contributed by atoms with Crippen LogP contribution in [-0.4, -0.2) is 7.11 Å². The molecule has 3 nitrogen and oxygen atoms in total. The van der Waals surface area contributed by atoms with Gasteiger partial charge in [-0.25, -0.2) is 5.43 Å². The van der Waals surface area contributed by atoms with Gasteiger partial charge in [0.1, 0.15) is 5.75 Å². The molecule has 2 aromatic rings. The maximum atomic E-state index is 5.82. The lowest BCUT2D eigenvalue weighted by Gasteiger charge is -2.22. The van der Waals surface area contributed by atoms with Crippen molar-refractivity contribution in [1.82, 2.24) is 5.43 Å². The first-order valence-electron chi connectivity index (χ1n) is 6.54. The molecule has 2 rings (SSSR count). The zero-order valence-corrected chi connectivity index (χ0v) is 15.4. The van der Waals surface area contributed by atoms with Gasteiger partial charge in [-0.05, 0) is 54.3 Å². The molecule has 0 fully saturated rings. The summed E-state index contributed by atoms with van der Waals surface area (Å²) < 4.78 is 7.40. The highest BCUT2D eigenvalue weighted by Gasteiger charge is 2.19. The number of aryl methyl sites for hydroxylation is 2. The Hall–Kier alpha value is -0.880. The van der Waals surface area contributed by atoms with Crippen LogP contribution >= 0.6 is 31.9 Å². The van der Waals surface area contributed by atoms with Crippen molar-refractivity contribution in [2.24, 2.45) is 5.84 Å². The minimum Gasteiger partial charge on any atom is -0.496 e. The van der Waals surface area contributed by atoms with Gasteiger partial charge in [0.2, 0.25) is 0 Å². The SMILES string of the molecule is COc1cc(C)c(C(NN)c2ccc(Br)cc2Br)cc1C. The van der Waals surface area contributed by atoms with E-state index in [0.717, 1.165) is 36.9 Å². The van der Waals surface area contributed by atoms with Crippen molar-refractivity contribution in [1.29, 1.82) is 0 Å². The van der Waals surface area contributed by atoms with Gasteiger partial charge in [0, 0.05) is 8.95 Å². The standard InChI is InChI=1S/C16H18Br2N2O/c1-9-7-15(21-3)10(2)6-13(9)16(20-19)12-5-4-11(17)8-14(12)18/h4-8,16,20H,19H2,1-3H3. The van der Waals surface area contributed by atoms with Crippen molar-refractivity contribution >= 4 is 31.9 Å². The topological polar surface area (TPSA) is 47.3 Å². The summed E-state index contributed by atoms with van der Waals surface area (Å²) in [5.41, 5.74) is 7.37. The lowest BCUT2D eigenvalue weighted by Crippen LogP contribution is -2.29. The van der Waals surface area contributed by atoms with E-state index in [-0.39, 0.29) is 6.04 Å². The minimum absolute atomic E-state index is 0.0860. The first kappa shape index (κ1) is 16.5. The van der Waals surface area contributed by atoms with Crippen molar-refractivity contribution in [3.8, 4) is 5.75 Å². The molecule has 0 spiro atoms. The Balaban J connectivity index is 2.53. The molecule has 0 aliphatic carbocycles. The average Bonchev–Trinajstić information content (AvgIpc) is 2.45. The van der Waals surface area contributed by atoms with Crippen LogP contribution in [0.1, 0.15) is 28.3 Å². The predicted molar refractivity (Wildman–Crippen MR) is 93.5 cm³/mol. The van der Waals surface area contributed by atoms with Crippen LogP contribution in [-0.2, 0) is 0 Å². The number of halogens is 2. The highest BCUT2D eigenvalue weighted by molar-refractivity contribution is 9.11. The van der Waals surface area contributed by atoms with Crippen LogP contribution in [0.2, 0.25) is 0 Å². The number of nitrogens with two attached hydrogens (primary N) is 1. The number of methoxy groups -OCH3 is 1. The van der Waals surface area contributed by atoms with Gasteiger partial charge >= 0.3 is 0 Å². The largest absolute Gasteiger partial charge is 0.496 e. The second kappa shape index (κ2) is 6.92. The Labute approximate surface area is 142 Å². The van der Waals surface area contributed by atoms with Gasteiger partial charge in [-0.3, -0.25) is 5.84 Å². The average molecular weight is 414 g/mol. The van der Waals surface area contributed by atoms with Crippen LogP contribution in [0.15, 0.2) is 39.3 Å². The van der Waals surface area contributed by atoms with Gasteiger partial charge in [0.05, 0.1) is 13.2 Å². The molecule has 0 aromatic heterocycles. The first-order chi connectivity index (χ1) is 9.97. The van der Waals surface area contributed by atoms with E-state index in [1.807, 2.05) is 25.1 Å². The zero-order chi connectivity index (χ0) is 15.6. The van der Waals surface area contributed by atoms with E-state index in [1.54, 1.807) is 7.11 Å². The lowest BCUT2D eigenvalue weighted by atomic mass is 9.93. The summed E-state index contributed by atoms with van der Waals surface area (Å²) in [4.78, 5) is 0. The maximum Gasteiger partial charge on any atom is 0.122 e.